The average Bonchev–Trinajstić information content (AvgIpc) is 3.15. The predicted molar refractivity (Wildman–Crippen MR) is 76.2 cm³/mol. The molecule has 0 amide bonds. The molecule has 0 radical (unpaired) electrons. The molecule has 2 aromatic heterocycles. The van der Waals surface area contributed by atoms with Crippen molar-refractivity contribution in [3.63, 3.8) is 0 Å². The number of nitrogens with one attached hydrogen (secondary N) is 1. The van der Waals surface area contributed by atoms with Gasteiger partial charge in [-0.3, -0.25) is 4.79 Å². The van der Waals surface area contributed by atoms with Crippen molar-refractivity contribution in [3.8, 4) is 0 Å². The summed E-state index contributed by atoms with van der Waals surface area (Å²) in [5.41, 5.74) is 1.67. The van der Waals surface area contributed by atoms with Crippen LogP contribution in [0, 0.1) is 0 Å². The van der Waals surface area contributed by atoms with E-state index in [9.17, 15) is 9.59 Å². The molecule has 3 rings (SSSR count). The maximum absolute atomic E-state index is 12.4. The number of aromatic amines is 1. The summed E-state index contributed by atoms with van der Waals surface area (Å²) in [4.78, 5) is 27.2. The largest absolute Gasteiger partial charge is 0.472 e. The Balaban J connectivity index is 1.80. The lowest BCUT2D eigenvalue weighted by Crippen LogP contribution is -2.24. The van der Waals surface area contributed by atoms with Crippen LogP contribution in [0.2, 0.25) is 0 Å². The number of ketones is 1. The molecular weight excluding hydrogens is 270 g/mol. The van der Waals surface area contributed by atoms with Crippen molar-refractivity contribution in [1.82, 2.24) is 4.98 Å². The molecule has 2 heterocycles. The molecule has 1 atom stereocenters. The van der Waals surface area contributed by atoms with Crippen molar-refractivity contribution >= 4 is 22.7 Å². The summed E-state index contributed by atoms with van der Waals surface area (Å²) in [6, 6.07) is 8.97. The van der Waals surface area contributed by atoms with Gasteiger partial charge in [-0.15, -0.1) is 0 Å². The Kier molecular flexibility index (Phi) is 3.31. The van der Waals surface area contributed by atoms with Crippen molar-refractivity contribution in [2.75, 3.05) is 0 Å². The number of para-hydroxylation sites is 1. The van der Waals surface area contributed by atoms with Gasteiger partial charge in [-0.25, -0.2) is 4.79 Å². The van der Waals surface area contributed by atoms with E-state index in [4.69, 9.17) is 9.15 Å². The first-order valence-electron chi connectivity index (χ1n) is 6.50. The van der Waals surface area contributed by atoms with Crippen molar-refractivity contribution < 1.29 is 18.7 Å². The number of carbonyl (C=O) groups is 2. The number of carbonyl (C=O) groups excluding carboxylic acids is 2. The minimum Gasteiger partial charge on any atom is -0.472 e. The van der Waals surface area contributed by atoms with Crippen LogP contribution in [-0.4, -0.2) is 22.8 Å². The van der Waals surface area contributed by atoms with Crippen LogP contribution >= 0.6 is 0 Å². The number of aromatic nitrogens is 1. The topological polar surface area (TPSA) is 72.3 Å². The second-order valence-corrected chi connectivity index (χ2v) is 4.67. The van der Waals surface area contributed by atoms with Crippen LogP contribution < -0.4 is 0 Å². The van der Waals surface area contributed by atoms with Crippen molar-refractivity contribution in [2.45, 2.75) is 13.0 Å². The fraction of sp³-hybridized carbons (Fsp3) is 0.125. The van der Waals surface area contributed by atoms with Gasteiger partial charge >= 0.3 is 5.97 Å². The number of esters is 1. The zero-order valence-electron chi connectivity index (χ0n) is 11.3. The Labute approximate surface area is 120 Å². The molecule has 5 heteroatoms. The molecule has 0 spiro atoms. The Morgan fingerprint density at radius 1 is 1.24 bits per heavy atom. The first kappa shape index (κ1) is 13.2. The van der Waals surface area contributed by atoms with Crippen LogP contribution in [0.1, 0.15) is 27.6 Å². The molecule has 3 aromatic rings. The van der Waals surface area contributed by atoms with Gasteiger partial charge in [0, 0.05) is 22.7 Å². The van der Waals surface area contributed by atoms with Gasteiger partial charge < -0.3 is 14.1 Å². The van der Waals surface area contributed by atoms with Gasteiger partial charge in [-0.2, -0.15) is 0 Å². The third-order valence-corrected chi connectivity index (χ3v) is 3.26. The molecule has 5 nitrogen and oxygen atoms in total. The maximum Gasteiger partial charge on any atom is 0.342 e. The predicted octanol–water partition coefficient (Wildman–Crippen LogP) is 3.19. The lowest BCUT2D eigenvalue weighted by molar-refractivity contribution is 0.0318. The molecule has 21 heavy (non-hydrogen) atoms. The molecule has 0 bridgehead atoms. The maximum atomic E-state index is 12.4. The van der Waals surface area contributed by atoms with Crippen molar-refractivity contribution in [3.05, 3.63) is 60.2 Å². The highest BCUT2D eigenvalue weighted by atomic mass is 16.5. The smallest absolute Gasteiger partial charge is 0.342 e. The fourth-order valence-electron chi connectivity index (χ4n) is 2.16. The Hall–Kier alpha value is -2.82. The Bertz CT molecular complexity index is 786. The highest BCUT2D eigenvalue weighted by Crippen LogP contribution is 2.20. The van der Waals surface area contributed by atoms with Crippen LogP contribution in [0.4, 0.5) is 0 Å². The number of rotatable bonds is 4. The van der Waals surface area contributed by atoms with Crippen LogP contribution in [0.15, 0.2) is 53.5 Å². The molecule has 0 aliphatic carbocycles. The normalized spacial score (nSPS) is 12.2. The Morgan fingerprint density at radius 3 is 2.81 bits per heavy atom. The number of ether oxygens (including phenoxy) is 1. The number of hydrogen-bond acceptors (Lipinski definition) is 4. The summed E-state index contributed by atoms with van der Waals surface area (Å²) in [6.45, 7) is 1.56. The second-order valence-electron chi connectivity index (χ2n) is 4.67. The van der Waals surface area contributed by atoms with E-state index in [0.29, 0.717) is 5.56 Å². The van der Waals surface area contributed by atoms with E-state index >= 15 is 0 Å². The Morgan fingerprint density at radius 2 is 2.05 bits per heavy atom. The molecule has 1 unspecified atom stereocenters. The fourth-order valence-corrected chi connectivity index (χ4v) is 2.16. The van der Waals surface area contributed by atoms with Crippen LogP contribution in [-0.2, 0) is 4.74 Å². The lowest BCUT2D eigenvalue weighted by Gasteiger charge is -2.10. The van der Waals surface area contributed by atoms with E-state index in [0.717, 1.165) is 10.9 Å². The number of H-pyrrole nitrogens is 1. The lowest BCUT2D eigenvalue weighted by atomic mass is 10.1. The summed E-state index contributed by atoms with van der Waals surface area (Å²) in [5.74, 6) is -0.825. The number of benzene rings is 1. The van der Waals surface area contributed by atoms with E-state index in [2.05, 4.69) is 4.98 Å². The second kappa shape index (κ2) is 5.28. The first-order valence-corrected chi connectivity index (χ1v) is 6.50. The molecule has 0 fully saturated rings. The SMILES string of the molecule is CC(OC(=O)c1ccoc1)C(=O)c1c[nH]c2ccccc12. The molecule has 0 saturated carbocycles. The van der Waals surface area contributed by atoms with Gasteiger partial charge in [0.1, 0.15) is 6.26 Å². The van der Waals surface area contributed by atoms with Gasteiger partial charge in [0.15, 0.2) is 6.10 Å². The molecule has 0 aliphatic heterocycles. The van der Waals surface area contributed by atoms with Gasteiger partial charge in [0.05, 0.1) is 11.8 Å². The summed E-state index contributed by atoms with van der Waals surface area (Å²) in [6.07, 6.45) is 3.43. The zero-order valence-corrected chi connectivity index (χ0v) is 11.3. The van der Waals surface area contributed by atoms with Crippen LogP contribution in [0.5, 0.6) is 0 Å². The highest BCUT2D eigenvalue weighted by molar-refractivity contribution is 6.10. The minimum absolute atomic E-state index is 0.246. The van der Waals surface area contributed by atoms with E-state index in [1.54, 1.807) is 13.1 Å². The monoisotopic (exact) mass is 283 g/mol. The molecule has 0 saturated heterocycles. The average molecular weight is 283 g/mol. The number of hydrogen-bond donors (Lipinski definition) is 1. The quantitative estimate of drug-likeness (QED) is 0.589. The third-order valence-electron chi connectivity index (χ3n) is 3.26. The van der Waals surface area contributed by atoms with Gasteiger partial charge in [0.25, 0.3) is 0 Å². The summed E-state index contributed by atoms with van der Waals surface area (Å²) < 4.78 is 9.98. The zero-order chi connectivity index (χ0) is 14.8. The number of fused-ring (bicyclic) bond motifs is 1. The summed E-state index contributed by atoms with van der Waals surface area (Å²) in [7, 11) is 0. The van der Waals surface area contributed by atoms with Gasteiger partial charge in [-0.05, 0) is 19.1 Å². The third kappa shape index (κ3) is 2.45. The van der Waals surface area contributed by atoms with Crippen LogP contribution in [0.25, 0.3) is 10.9 Å². The molecular formula is C16H13NO4. The van der Waals surface area contributed by atoms with E-state index in [1.807, 2.05) is 24.3 Å². The number of Topliss-reactive ketones (excluding diaryl/α,β-unsaturated/α-hetero) is 1. The molecule has 0 aliphatic rings. The molecule has 106 valence electrons. The summed E-state index contributed by atoms with van der Waals surface area (Å²) >= 11 is 0. The molecule has 1 N–H and O–H groups in total. The van der Waals surface area contributed by atoms with E-state index in [1.165, 1.54) is 18.6 Å². The van der Waals surface area contributed by atoms with Crippen LogP contribution in [0.3, 0.4) is 0 Å². The van der Waals surface area contributed by atoms with Gasteiger partial charge in [-0.1, -0.05) is 18.2 Å². The van der Waals surface area contributed by atoms with E-state index < -0.39 is 12.1 Å². The minimum atomic E-state index is -0.869. The number of furan rings is 1. The highest BCUT2D eigenvalue weighted by Gasteiger charge is 2.23. The van der Waals surface area contributed by atoms with Crippen molar-refractivity contribution in [2.24, 2.45) is 0 Å². The first-order chi connectivity index (χ1) is 10.2. The standard InChI is InChI=1S/C16H13NO4/c1-10(21-16(19)11-6-7-20-9-11)15(18)13-8-17-14-5-3-2-4-12(13)14/h2-10,17H,1H3. The van der Waals surface area contributed by atoms with Gasteiger partial charge in [0.2, 0.25) is 5.78 Å². The van der Waals surface area contributed by atoms with E-state index in [-0.39, 0.29) is 11.3 Å². The molecule has 1 aromatic carbocycles. The van der Waals surface area contributed by atoms with Crippen molar-refractivity contribution in [1.29, 1.82) is 0 Å². The summed E-state index contributed by atoms with van der Waals surface area (Å²) in [5, 5.41) is 0.814.